The number of nitrogens with one attached hydrogen (secondary N) is 3. The van der Waals surface area contributed by atoms with Gasteiger partial charge in [-0.15, -0.1) is 0 Å². The highest BCUT2D eigenvalue weighted by molar-refractivity contribution is 5.66. The third-order valence-corrected chi connectivity index (χ3v) is 7.33. The van der Waals surface area contributed by atoms with Crippen molar-refractivity contribution in [2.24, 2.45) is 0 Å². The number of methoxy groups -OCH3 is 1. The summed E-state index contributed by atoms with van der Waals surface area (Å²) < 4.78 is 36.5. The maximum Gasteiger partial charge on any atom is 0.174 e. The van der Waals surface area contributed by atoms with Crippen molar-refractivity contribution in [2.45, 2.75) is 25.3 Å². The van der Waals surface area contributed by atoms with Crippen molar-refractivity contribution in [3.8, 4) is 5.75 Å². The Morgan fingerprint density at radius 3 is 2.73 bits per heavy atom. The third-order valence-electron chi connectivity index (χ3n) is 7.33. The number of allylic oxidation sites excluding steroid dienone is 2. The second kappa shape index (κ2) is 10.9. The van der Waals surface area contributed by atoms with Gasteiger partial charge in [0.05, 0.1) is 25.0 Å². The van der Waals surface area contributed by atoms with Crippen molar-refractivity contribution in [1.29, 1.82) is 0 Å². The molecule has 198 valence electrons. The molecule has 0 spiro atoms. The molecule has 3 N–H and O–H groups in total. The monoisotopic (exact) mass is 511 g/mol. The largest absolute Gasteiger partial charge is 0.495 e. The summed E-state index contributed by atoms with van der Waals surface area (Å²) in [6.45, 7) is 6.74. The van der Waals surface area contributed by atoms with Crippen molar-refractivity contribution in [3.63, 3.8) is 0 Å². The minimum Gasteiger partial charge on any atom is -0.495 e. The Balaban J connectivity index is 1.57. The number of aromatic nitrogens is 1. The number of anilines is 2. The molecule has 0 radical (unpaired) electrons. The van der Waals surface area contributed by atoms with Gasteiger partial charge in [0.15, 0.2) is 5.82 Å². The summed E-state index contributed by atoms with van der Waals surface area (Å²) in [5.41, 5.74) is 7.86. The van der Waals surface area contributed by atoms with Crippen molar-refractivity contribution in [3.05, 3.63) is 71.5 Å². The van der Waals surface area contributed by atoms with Gasteiger partial charge >= 0.3 is 0 Å². The molecule has 2 aromatic rings. The van der Waals surface area contributed by atoms with Crippen LogP contribution in [0.2, 0.25) is 0 Å². The number of ether oxygens (including phenoxy) is 1. The quantitative estimate of drug-likeness (QED) is 0.369. The highest BCUT2D eigenvalue weighted by Gasteiger charge is 2.45. The topological polar surface area (TPSA) is 67.9 Å². The Morgan fingerprint density at radius 1 is 1.16 bits per heavy atom. The van der Waals surface area contributed by atoms with Crippen molar-refractivity contribution in [2.75, 3.05) is 63.8 Å². The zero-order chi connectivity index (χ0) is 25.9. The van der Waals surface area contributed by atoms with Crippen LogP contribution in [0.3, 0.4) is 0 Å². The molecule has 0 saturated carbocycles. The SMILES string of the molecule is CCCNNc1ccc(F)c(N2CC(c3cncc(OC)c3)C3C2=CC=C(N2CCNCC2)N3C)c1F. The van der Waals surface area contributed by atoms with E-state index in [0.29, 0.717) is 18.8 Å². The average molecular weight is 512 g/mol. The lowest BCUT2D eigenvalue weighted by atomic mass is 9.92. The molecule has 1 aromatic heterocycles. The lowest BCUT2D eigenvalue weighted by Crippen LogP contribution is -2.49. The predicted molar refractivity (Wildman–Crippen MR) is 141 cm³/mol. The van der Waals surface area contributed by atoms with Gasteiger partial charge in [0.2, 0.25) is 0 Å². The number of hydrogen-bond acceptors (Lipinski definition) is 8. The van der Waals surface area contributed by atoms with Gasteiger partial charge in [0.1, 0.15) is 23.1 Å². The fourth-order valence-electron chi connectivity index (χ4n) is 5.49. The Bertz CT molecular complexity index is 1180. The van der Waals surface area contributed by atoms with Gasteiger partial charge in [-0.3, -0.25) is 4.98 Å². The number of rotatable bonds is 8. The van der Waals surface area contributed by atoms with Crippen LogP contribution in [0.4, 0.5) is 20.2 Å². The highest BCUT2D eigenvalue weighted by Crippen LogP contribution is 2.45. The summed E-state index contributed by atoms with van der Waals surface area (Å²) >= 11 is 0. The van der Waals surface area contributed by atoms with Crippen LogP contribution in [0.25, 0.3) is 0 Å². The molecule has 37 heavy (non-hydrogen) atoms. The standard InChI is InChI=1S/C27H35F2N7O/c1-4-9-32-33-22-6-5-21(28)27(25(22)29)36-17-20(18-14-19(37-3)16-31-15-18)26-23(36)7-8-24(34(26)2)35-12-10-30-11-13-35/h5-8,14-16,20,26,30,32-33H,4,9-13,17H2,1-3H3. The van der Waals surface area contributed by atoms with E-state index in [1.54, 1.807) is 18.2 Å². The molecule has 5 rings (SSSR count). The average Bonchev–Trinajstić information content (AvgIpc) is 3.31. The van der Waals surface area contributed by atoms with Crippen LogP contribution in [0.5, 0.6) is 5.75 Å². The van der Waals surface area contributed by atoms with Crippen LogP contribution < -0.4 is 25.8 Å². The molecule has 2 atom stereocenters. The number of pyridine rings is 1. The van der Waals surface area contributed by atoms with Crippen LogP contribution in [-0.2, 0) is 0 Å². The maximum atomic E-state index is 15.8. The Morgan fingerprint density at radius 2 is 1.97 bits per heavy atom. The van der Waals surface area contributed by atoms with E-state index in [1.165, 1.54) is 12.1 Å². The van der Waals surface area contributed by atoms with Gasteiger partial charge in [-0.05, 0) is 42.3 Å². The van der Waals surface area contributed by atoms with E-state index < -0.39 is 11.6 Å². The number of likely N-dealkylation sites (N-methyl/N-ethyl adjacent to an activating group) is 1. The molecule has 2 saturated heterocycles. The summed E-state index contributed by atoms with van der Waals surface area (Å²) in [6.07, 6.45) is 8.46. The maximum absolute atomic E-state index is 15.8. The molecule has 3 aliphatic heterocycles. The third kappa shape index (κ3) is 4.83. The summed E-state index contributed by atoms with van der Waals surface area (Å²) in [4.78, 5) is 10.8. The fourth-order valence-corrected chi connectivity index (χ4v) is 5.49. The van der Waals surface area contributed by atoms with Gasteiger partial charge in [-0.2, -0.15) is 0 Å². The number of benzene rings is 1. The van der Waals surface area contributed by atoms with Crippen molar-refractivity contribution in [1.82, 2.24) is 25.5 Å². The molecule has 2 fully saturated rings. The van der Waals surface area contributed by atoms with Gasteiger partial charge in [0.25, 0.3) is 0 Å². The molecular weight excluding hydrogens is 476 g/mol. The molecular formula is C27H35F2N7O. The Labute approximate surface area is 216 Å². The normalized spacial score (nSPS) is 21.5. The summed E-state index contributed by atoms with van der Waals surface area (Å²) in [5, 5.41) is 3.40. The van der Waals surface area contributed by atoms with E-state index in [9.17, 15) is 0 Å². The second-order valence-corrected chi connectivity index (χ2v) is 9.59. The van der Waals surface area contributed by atoms with Crippen LogP contribution in [0.1, 0.15) is 24.8 Å². The number of halogens is 2. The first kappa shape index (κ1) is 25.3. The van der Waals surface area contributed by atoms with Crippen LogP contribution in [0, 0.1) is 11.6 Å². The molecule has 0 aliphatic carbocycles. The van der Waals surface area contributed by atoms with Crippen LogP contribution >= 0.6 is 0 Å². The van der Waals surface area contributed by atoms with Crippen molar-refractivity contribution < 1.29 is 13.5 Å². The zero-order valence-corrected chi connectivity index (χ0v) is 21.6. The number of hydrazine groups is 1. The van der Waals surface area contributed by atoms with Crippen LogP contribution in [0.15, 0.2) is 54.3 Å². The molecule has 0 bridgehead atoms. The first-order chi connectivity index (χ1) is 18.0. The summed E-state index contributed by atoms with van der Waals surface area (Å²) in [6, 6.07) is 4.59. The van der Waals surface area contributed by atoms with Gasteiger partial charge in [-0.25, -0.2) is 14.2 Å². The fraction of sp³-hybridized carbons (Fsp3) is 0.444. The lowest BCUT2D eigenvalue weighted by Gasteiger charge is -2.42. The number of piperazine rings is 1. The molecule has 4 heterocycles. The first-order valence-corrected chi connectivity index (χ1v) is 12.9. The van der Waals surface area contributed by atoms with E-state index in [2.05, 4.69) is 44.1 Å². The first-order valence-electron chi connectivity index (χ1n) is 12.9. The predicted octanol–water partition coefficient (Wildman–Crippen LogP) is 3.24. The second-order valence-electron chi connectivity index (χ2n) is 9.59. The molecule has 1 aromatic carbocycles. The van der Waals surface area contributed by atoms with Crippen LogP contribution in [-0.4, -0.2) is 74.3 Å². The summed E-state index contributed by atoms with van der Waals surface area (Å²) in [7, 11) is 3.68. The van der Waals surface area contributed by atoms with E-state index in [4.69, 9.17) is 4.74 Å². The van der Waals surface area contributed by atoms with Gasteiger partial charge < -0.3 is 30.2 Å². The molecule has 2 unspecified atom stereocenters. The lowest BCUT2D eigenvalue weighted by molar-refractivity contribution is 0.183. The Hall–Kier alpha value is -3.37. The smallest absolute Gasteiger partial charge is 0.174 e. The number of nitrogens with zero attached hydrogens (tertiary/aromatic N) is 4. The van der Waals surface area contributed by atoms with E-state index in [0.717, 1.165) is 49.7 Å². The molecule has 8 nitrogen and oxygen atoms in total. The Kier molecular flexibility index (Phi) is 7.48. The zero-order valence-electron chi connectivity index (χ0n) is 21.6. The molecule has 0 amide bonds. The van der Waals surface area contributed by atoms with E-state index >= 15 is 8.78 Å². The van der Waals surface area contributed by atoms with Crippen molar-refractivity contribution >= 4 is 11.4 Å². The van der Waals surface area contributed by atoms with E-state index in [1.807, 2.05) is 25.3 Å². The molecule has 10 heteroatoms. The highest BCUT2D eigenvalue weighted by atomic mass is 19.1. The summed E-state index contributed by atoms with van der Waals surface area (Å²) in [5.74, 6) is 0.467. The number of hydrogen-bond donors (Lipinski definition) is 3. The minimum atomic E-state index is -0.618. The molecule has 3 aliphatic rings. The van der Waals surface area contributed by atoms with E-state index in [-0.39, 0.29) is 23.3 Å². The van der Waals surface area contributed by atoms with Gasteiger partial charge in [0, 0.05) is 64.1 Å². The minimum absolute atomic E-state index is 0.0506. The van der Waals surface area contributed by atoms with Gasteiger partial charge in [-0.1, -0.05) is 6.92 Å². The number of fused-ring (bicyclic) bond motifs is 1.